The van der Waals surface area contributed by atoms with Gasteiger partial charge in [0.05, 0.1) is 0 Å². The number of ether oxygens (including phenoxy) is 1. The van der Waals surface area contributed by atoms with E-state index in [4.69, 9.17) is 4.74 Å². The summed E-state index contributed by atoms with van der Waals surface area (Å²) in [4.78, 5) is 11.7. The first kappa shape index (κ1) is 18.4. The van der Waals surface area contributed by atoms with Gasteiger partial charge in [0, 0.05) is 17.4 Å². The van der Waals surface area contributed by atoms with Crippen molar-refractivity contribution in [3.05, 3.63) is 34.4 Å². The Morgan fingerprint density at radius 3 is 2.70 bits per heavy atom. The summed E-state index contributed by atoms with van der Waals surface area (Å²) in [5, 5.41) is 20.6. The van der Waals surface area contributed by atoms with Gasteiger partial charge in [-0.25, -0.2) is 4.79 Å². The molecule has 0 saturated heterocycles. The lowest BCUT2D eigenvalue weighted by molar-refractivity contribution is -0.133. The van der Waals surface area contributed by atoms with Crippen LogP contribution in [0.1, 0.15) is 80.8 Å². The van der Waals surface area contributed by atoms with E-state index in [-0.39, 0.29) is 28.2 Å². The second-order valence-corrected chi connectivity index (χ2v) is 9.52. The molecule has 3 aliphatic rings. The first-order valence-corrected chi connectivity index (χ1v) is 10.0. The molecule has 4 nitrogen and oxygen atoms in total. The molecule has 0 amide bonds. The number of carboxylic acid groups (broad SMARTS) is 1. The molecular weight excluding hydrogens is 340 g/mol. The fourth-order valence-corrected chi connectivity index (χ4v) is 6.39. The summed E-state index contributed by atoms with van der Waals surface area (Å²) in [6, 6.07) is 1.82. The highest BCUT2D eigenvalue weighted by atomic mass is 16.5. The van der Waals surface area contributed by atoms with Crippen LogP contribution in [0.2, 0.25) is 0 Å². The molecule has 146 valence electrons. The van der Waals surface area contributed by atoms with Gasteiger partial charge in [0.1, 0.15) is 22.7 Å². The maximum atomic E-state index is 11.7. The third-order valence-electron chi connectivity index (χ3n) is 7.61. The van der Waals surface area contributed by atoms with Gasteiger partial charge in [-0.3, -0.25) is 0 Å². The highest BCUT2D eigenvalue weighted by Crippen LogP contribution is 2.75. The van der Waals surface area contributed by atoms with Crippen LogP contribution in [0.4, 0.5) is 0 Å². The Labute approximate surface area is 161 Å². The van der Waals surface area contributed by atoms with Crippen molar-refractivity contribution in [3.8, 4) is 11.5 Å². The van der Waals surface area contributed by atoms with Crippen LogP contribution in [0.25, 0.3) is 0 Å². The molecule has 1 aromatic rings. The molecule has 5 atom stereocenters. The SMILES string of the molecule is CC(C)=CCC[C@]1(C)[C@@H]2c3c(cc(C)c(C(=O)O)c3O)O[C@]3(C)CC[C@H]1[C@H]23. The van der Waals surface area contributed by atoms with Gasteiger partial charge in [-0.1, -0.05) is 18.6 Å². The molecule has 4 rings (SSSR count). The maximum Gasteiger partial charge on any atom is 0.339 e. The van der Waals surface area contributed by atoms with E-state index >= 15 is 0 Å². The minimum absolute atomic E-state index is 0.0223. The number of aromatic hydroxyl groups is 1. The van der Waals surface area contributed by atoms with Gasteiger partial charge in [0.15, 0.2) is 0 Å². The summed E-state index contributed by atoms with van der Waals surface area (Å²) in [7, 11) is 0. The first-order chi connectivity index (χ1) is 12.6. The van der Waals surface area contributed by atoms with Crippen molar-refractivity contribution in [2.75, 3.05) is 0 Å². The van der Waals surface area contributed by atoms with E-state index in [1.807, 2.05) is 6.07 Å². The van der Waals surface area contributed by atoms with Gasteiger partial charge in [0.25, 0.3) is 0 Å². The highest BCUT2D eigenvalue weighted by molar-refractivity contribution is 5.94. The Balaban J connectivity index is 1.84. The van der Waals surface area contributed by atoms with Crippen LogP contribution < -0.4 is 4.74 Å². The van der Waals surface area contributed by atoms with Crippen LogP contribution in [0.5, 0.6) is 11.5 Å². The number of carboxylic acids is 1. The standard InChI is InChI=1S/C23H30O4/c1-12(2)7-6-9-22(4)14-8-10-23(5)18(14)19(22)17-15(27-23)11-13(3)16(20(17)24)21(25)26/h7,11,14,18-19,24H,6,8-10H2,1-5H3,(H,25,26)/t14-,18+,19+,22-,23+/m0/s1. The Morgan fingerprint density at radius 1 is 1.37 bits per heavy atom. The normalized spacial score (nSPS) is 35.5. The monoisotopic (exact) mass is 370 g/mol. The van der Waals surface area contributed by atoms with Gasteiger partial charge < -0.3 is 14.9 Å². The number of carbonyl (C=O) groups is 1. The molecule has 27 heavy (non-hydrogen) atoms. The van der Waals surface area contributed by atoms with Crippen molar-refractivity contribution in [2.24, 2.45) is 17.3 Å². The number of fused-ring (bicyclic) bond motifs is 2. The van der Waals surface area contributed by atoms with Crippen molar-refractivity contribution in [2.45, 2.75) is 71.8 Å². The Kier molecular flexibility index (Phi) is 3.93. The summed E-state index contributed by atoms with van der Waals surface area (Å²) in [5.74, 6) is 0.616. The Hall–Kier alpha value is -1.97. The molecule has 1 aliphatic heterocycles. The summed E-state index contributed by atoms with van der Waals surface area (Å²) in [6.07, 6.45) is 6.52. The van der Waals surface area contributed by atoms with Gasteiger partial charge in [-0.15, -0.1) is 0 Å². The zero-order chi connectivity index (χ0) is 19.7. The van der Waals surface area contributed by atoms with Crippen molar-refractivity contribution < 1.29 is 19.7 Å². The quantitative estimate of drug-likeness (QED) is 0.694. The highest BCUT2D eigenvalue weighted by Gasteiger charge is 2.70. The Bertz CT molecular complexity index is 850. The van der Waals surface area contributed by atoms with Gasteiger partial charge in [-0.05, 0) is 76.3 Å². The molecular formula is C23H30O4. The molecule has 0 aromatic heterocycles. The molecule has 0 unspecified atom stereocenters. The number of hydrogen-bond donors (Lipinski definition) is 2. The number of rotatable bonds is 4. The maximum absolute atomic E-state index is 11.7. The average molecular weight is 370 g/mol. The topological polar surface area (TPSA) is 66.8 Å². The fraction of sp³-hybridized carbons (Fsp3) is 0.609. The van der Waals surface area contributed by atoms with Crippen molar-refractivity contribution in [3.63, 3.8) is 0 Å². The summed E-state index contributed by atoms with van der Waals surface area (Å²) < 4.78 is 6.41. The average Bonchev–Trinajstić information content (AvgIpc) is 2.87. The zero-order valence-corrected chi connectivity index (χ0v) is 16.9. The van der Waals surface area contributed by atoms with Gasteiger partial charge in [0.2, 0.25) is 0 Å². The molecule has 0 radical (unpaired) electrons. The van der Waals surface area contributed by atoms with E-state index < -0.39 is 5.97 Å². The van der Waals surface area contributed by atoms with Crippen molar-refractivity contribution >= 4 is 5.97 Å². The molecule has 1 aromatic carbocycles. The van der Waals surface area contributed by atoms with E-state index in [2.05, 4.69) is 33.8 Å². The van der Waals surface area contributed by atoms with Crippen LogP contribution in [0.3, 0.4) is 0 Å². The largest absolute Gasteiger partial charge is 0.507 e. The number of benzene rings is 1. The number of phenols is 1. The van der Waals surface area contributed by atoms with Crippen molar-refractivity contribution in [1.29, 1.82) is 0 Å². The van der Waals surface area contributed by atoms with E-state index in [9.17, 15) is 15.0 Å². The van der Waals surface area contributed by atoms with Crippen LogP contribution in [0, 0.1) is 24.2 Å². The molecule has 1 heterocycles. The molecule has 0 spiro atoms. The lowest BCUT2D eigenvalue weighted by Gasteiger charge is -2.63. The minimum Gasteiger partial charge on any atom is -0.507 e. The number of allylic oxidation sites excluding steroid dienone is 2. The molecule has 2 fully saturated rings. The van der Waals surface area contributed by atoms with E-state index in [0.29, 0.717) is 23.1 Å². The minimum atomic E-state index is -1.07. The number of hydrogen-bond acceptors (Lipinski definition) is 3. The van der Waals surface area contributed by atoms with Crippen LogP contribution in [-0.4, -0.2) is 21.8 Å². The van der Waals surface area contributed by atoms with Crippen LogP contribution >= 0.6 is 0 Å². The molecule has 2 N–H and O–H groups in total. The van der Waals surface area contributed by atoms with E-state index in [0.717, 1.165) is 31.2 Å². The predicted octanol–water partition coefficient (Wildman–Crippen LogP) is 5.43. The third-order valence-corrected chi connectivity index (χ3v) is 7.61. The summed E-state index contributed by atoms with van der Waals surface area (Å²) in [6.45, 7) is 10.5. The van der Waals surface area contributed by atoms with Crippen molar-refractivity contribution in [1.82, 2.24) is 0 Å². The third kappa shape index (κ3) is 2.38. The van der Waals surface area contributed by atoms with E-state index in [1.54, 1.807) is 6.92 Å². The predicted molar refractivity (Wildman–Crippen MR) is 105 cm³/mol. The molecule has 4 heteroatoms. The van der Waals surface area contributed by atoms with Crippen LogP contribution in [-0.2, 0) is 0 Å². The Morgan fingerprint density at radius 2 is 2.07 bits per heavy atom. The fourth-order valence-electron chi connectivity index (χ4n) is 6.39. The first-order valence-electron chi connectivity index (χ1n) is 10.0. The lowest BCUT2D eigenvalue weighted by atomic mass is 9.43. The van der Waals surface area contributed by atoms with E-state index in [1.165, 1.54) is 5.57 Å². The van der Waals surface area contributed by atoms with Gasteiger partial charge in [-0.2, -0.15) is 0 Å². The van der Waals surface area contributed by atoms with Gasteiger partial charge >= 0.3 is 5.97 Å². The molecule has 2 saturated carbocycles. The number of aryl methyl sites for hydroxylation is 1. The smallest absolute Gasteiger partial charge is 0.339 e. The zero-order valence-electron chi connectivity index (χ0n) is 16.9. The summed E-state index contributed by atoms with van der Waals surface area (Å²) in [5.41, 5.74) is 2.50. The summed E-state index contributed by atoms with van der Waals surface area (Å²) >= 11 is 0. The number of aromatic carboxylic acids is 1. The second-order valence-electron chi connectivity index (χ2n) is 9.52. The lowest BCUT2D eigenvalue weighted by Crippen LogP contribution is -2.60. The second kappa shape index (κ2) is 5.76. The molecule has 0 bridgehead atoms. The molecule has 2 aliphatic carbocycles. The van der Waals surface area contributed by atoms with Crippen LogP contribution in [0.15, 0.2) is 17.7 Å².